The van der Waals surface area contributed by atoms with Crippen LogP contribution < -0.4 is 10.9 Å². The largest absolute Gasteiger partial charge is 0.329 e. The number of nitro benzene ring substituents is 1. The molecule has 0 fully saturated rings. The maximum absolute atomic E-state index is 13.0. The molecule has 0 aliphatic heterocycles. The van der Waals surface area contributed by atoms with Crippen LogP contribution in [0.2, 0.25) is 0 Å². The van der Waals surface area contributed by atoms with E-state index < -0.39 is 27.9 Å². The highest BCUT2D eigenvalue weighted by Gasteiger charge is 2.17. The first-order valence-corrected chi connectivity index (χ1v) is 5.41. The molecule has 2 N–H and O–H groups in total. The maximum Gasteiger partial charge on any atom is 0.295 e. The highest BCUT2D eigenvalue weighted by Crippen LogP contribution is 2.25. The van der Waals surface area contributed by atoms with Crippen LogP contribution in [0.4, 0.5) is 15.8 Å². The summed E-state index contributed by atoms with van der Waals surface area (Å²) in [6.45, 7) is 0. The monoisotopic (exact) mass is 277 g/mol. The lowest BCUT2D eigenvalue weighted by Crippen LogP contribution is -2.16. The van der Waals surface area contributed by atoms with Gasteiger partial charge in [0.2, 0.25) is 5.56 Å². The summed E-state index contributed by atoms with van der Waals surface area (Å²) in [7, 11) is 0. The van der Waals surface area contributed by atoms with Gasteiger partial charge in [-0.05, 0) is 18.2 Å². The fourth-order valence-electron chi connectivity index (χ4n) is 1.54. The maximum atomic E-state index is 13.0. The molecule has 8 heteroatoms. The Morgan fingerprint density at radius 1 is 1.30 bits per heavy atom. The van der Waals surface area contributed by atoms with Gasteiger partial charge in [-0.3, -0.25) is 19.7 Å². The summed E-state index contributed by atoms with van der Waals surface area (Å²) in [5.74, 6) is -1.49. The minimum atomic E-state index is -0.809. The standard InChI is InChI=1S/C12H8FN3O4/c13-8-1-2-9(10(6-8)16(19)20)15-12(18)7-3-4-14-11(17)5-7/h1-6H,(H,14,17)(H,15,18). The van der Waals surface area contributed by atoms with E-state index in [0.29, 0.717) is 6.07 Å². The Morgan fingerprint density at radius 2 is 2.05 bits per heavy atom. The number of nitrogens with one attached hydrogen (secondary N) is 2. The highest BCUT2D eigenvalue weighted by molar-refractivity contribution is 6.05. The summed E-state index contributed by atoms with van der Waals surface area (Å²) in [5, 5.41) is 13.0. The van der Waals surface area contributed by atoms with Gasteiger partial charge in [0.25, 0.3) is 11.6 Å². The van der Waals surface area contributed by atoms with Crippen LogP contribution in [-0.2, 0) is 0 Å². The third-order valence-electron chi connectivity index (χ3n) is 2.44. The van der Waals surface area contributed by atoms with Crippen molar-refractivity contribution in [3.63, 3.8) is 0 Å². The minimum absolute atomic E-state index is 0.0346. The van der Waals surface area contributed by atoms with Gasteiger partial charge in [0.05, 0.1) is 11.0 Å². The second-order valence-electron chi connectivity index (χ2n) is 3.81. The van der Waals surface area contributed by atoms with E-state index in [-0.39, 0.29) is 11.3 Å². The summed E-state index contributed by atoms with van der Waals surface area (Å²) in [4.78, 5) is 35.2. The molecule has 0 unspecified atom stereocenters. The molecule has 0 aliphatic carbocycles. The number of nitrogens with zero attached hydrogens (tertiary/aromatic N) is 1. The van der Waals surface area contributed by atoms with Crippen LogP contribution in [0.25, 0.3) is 0 Å². The first-order chi connectivity index (χ1) is 9.47. The van der Waals surface area contributed by atoms with E-state index in [1.165, 1.54) is 12.3 Å². The lowest BCUT2D eigenvalue weighted by Gasteiger charge is -2.05. The average Bonchev–Trinajstić information content (AvgIpc) is 2.40. The number of aromatic nitrogens is 1. The molecule has 2 aromatic rings. The number of nitro groups is 1. The number of carbonyl (C=O) groups is 1. The molecule has 0 aliphatic rings. The molecule has 1 aromatic heterocycles. The van der Waals surface area contributed by atoms with Crippen LogP contribution in [0, 0.1) is 15.9 Å². The van der Waals surface area contributed by atoms with Crippen LogP contribution in [-0.4, -0.2) is 15.8 Å². The van der Waals surface area contributed by atoms with Crippen LogP contribution >= 0.6 is 0 Å². The van der Waals surface area contributed by atoms with E-state index >= 15 is 0 Å². The number of amides is 1. The van der Waals surface area contributed by atoms with Crippen molar-refractivity contribution in [1.29, 1.82) is 0 Å². The predicted molar refractivity (Wildman–Crippen MR) is 68.1 cm³/mol. The van der Waals surface area contributed by atoms with Gasteiger partial charge in [-0.25, -0.2) is 4.39 Å². The zero-order valence-corrected chi connectivity index (χ0v) is 9.92. The van der Waals surface area contributed by atoms with Crippen LogP contribution in [0.3, 0.4) is 0 Å². The number of hydrogen-bond acceptors (Lipinski definition) is 4. The second-order valence-corrected chi connectivity index (χ2v) is 3.81. The molecule has 2 rings (SSSR count). The van der Waals surface area contributed by atoms with Gasteiger partial charge in [-0.2, -0.15) is 0 Å². The normalized spacial score (nSPS) is 10.1. The van der Waals surface area contributed by atoms with E-state index in [1.54, 1.807) is 0 Å². The summed E-state index contributed by atoms with van der Waals surface area (Å²) < 4.78 is 13.0. The number of benzene rings is 1. The Bertz CT molecular complexity index is 741. The van der Waals surface area contributed by atoms with Gasteiger partial charge in [-0.1, -0.05) is 0 Å². The lowest BCUT2D eigenvalue weighted by molar-refractivity contribution is -0.384. The van der Waals surface area contributed by atoms with E-state index in [4.69, 9.17) is 0 Å². The zero-order valence-electron chi connectivity index (χ0n) is 9.92. The number of anilines is 1. The van der Waals surface area contributed by atoms with Gasteiger partial charge in [-0.15, -0.1) is 0 Å². The van der Waals surface area contributed by atoms with E-state index in [9.17, 15) is 24.1 Å². The van der Waals surface area contributed by atoms with Gasteiger partial charge >= 0.3 is 0 Å². The molecule has 7 nitrogen and oxygen atoms in total. The van der Waals surface area contributed by atoms with Crippen LogP contribution in [0.5, 0.6) is 0 Å². The van der Waals surface area contributed by atoms with Crippen LogP contribution in [0.1, 0.15) is 10.4 Å². The first-order valence-electron chi connectivity index (χ1n) is 5.41. The quantitative estimate of drug-likeness (QED) is 0.657. The third kappa shape index (κ3) is 2.86. The van der Waals surface area contributed by atoms with Crippen molar-refractivity contribution in [3.05, 3.63) is 68.4 Å². The molecule has 0 saturated heterocycles. The first kappa shape index (κ1) is 13.4. The van der Waals surface area contributed by atoms with Gasteiger partial charge in [0.1, 0.15) is 11.5 Å². The summed E-state index contributed by atoms with van der Waals surface area (Å²) in [6, 6.07) is 5.16. The fourth-order valence-corrected chi connectivity index (χ4v) is 1.54. The molecule has 1 heterocycles. The predicted octanol–water partition coefficient (Wildman–Crippen LogP) is 1.67. The molecule has 0 bridgehead atoms. The number of rotatable bonds is 3. The highest BCUT2D eigenvalue weighted by atomic mass is 19.1. The van der Waals surface area contributed by atoms with E-state index in [1.807, 2.05) is 0 Å². The third-order valence-corrected chi connectivity index (χ3v) is 2.44. The van der Waals surface area contributed by atoms with Gasteiger partial charge < -0.3 is 10.3 Å². The Hall–Kier alpha value is -3.03. The fraction of sp³-hybridized carbons (Fsp3) is 0. The minimum Gasteiger partial charge on any atom is -0.329 e. The van der Waals surface area contributed by atoms with E-state index in [0.717, 1.165) is 18.2 Å². The molecule has 1 amide bonds. The summed E-state index contributed by atoms with van der Waals surface area (Å²) in [5.41, 5.74) is -1.16. The van der Waals surface area contributed by atoms with E-state index in [2.05, 4.69) is 10.3 Å². The number of halogens is 1. The van der Waals surface area contributed by atoms with Gasteiger partial charge in [0.15, 0.2) is 0 Å². The Morgan fingerprint density at radius 3 is 2.70 bits per heavy atom. The van der Waals surface area contributed by atoms with Crippen molar-refractivity contribution in [2.24, 2.45) is 0 Å². The number of hydrogen-bond donors (Lipinski definition) is 2. The molecule has 0 saturated carbocycles. The Labute approximate surface area is 111 Å². The molecule has 0 spiro atoms. The van der Waals surface area contributed by atoms with Crippen molar-refractivity contribution in [1.82, 2.24) is 4.98 Å². The summed E-state index contributed by atoms with van der Waals surface area (Å²) >= 11 is 0. The van der Waals surface area contributed by atoms with Crippen molar-refractivity contribution in [2.45, 2.75) is 0 Å². The number of pyridine rings is 1. The number of carbonyl (C=O) groups excluding carboxylic acids is 1. The van der Waals surface area contributed by atoms with Gasteiger partial charge in [0, 0.05) is 17.8 Å². The SMILES string of the molecule is O=C(Nc1ccc(F)cc1[N+](=O)[O-])c1cc[nH]c(=O)c1. The lowest BCUT2D eigenvalue weighted by atomic mass is 10.2. The van der Waals surface area contributed by atoms with Crippen molar-refractivity contribution in [2.75, 3.05) is 5.32 Å². The average molecular weight is 277 g/mol. The molecule has 0 radical (unpaired) electrons. The molecule has 20 heavy (non-hydrogen) atoms. The smallest absolute Gasteiger partial charge is 0.295 e. The van der Waals surface area contributed by atoms with Crippen molar-refractivity contribution < 1.29 is 14.1 Å². The second kappa shape index (κ2) is 5.31. The Kier molecular flexibility index (Phi) is 3.56. The molecular weight excluding hydrogens is 269 g/mol. The van der Waals surface area contributed by atoms with Crippen molar-refractivity contribution in [3.8, 4) is 0 Å². The van der Waals surface area contributed by atoms with Crippen molar-refractivity contribution >= 4 is 17.3 Å². The molecule has 0 atom stereocenters. The molecule has 1 aromatic carbocycles. The summed E-state index contributed by atoms with van der Waals surface area (Å²) in [6.07, 6.45) is 1.27. The Balaban J connectivity index is 2.33. The topological polar surface area (TPSA) is 105 Å². The number of aromatic amines is 1. The number of H-pyrrole nitrogens is 1. The molecular formula is C12H8FN3O4. The van der Waals surface area contributed by atoms with Crippen LogP contribution in [0.15, 0.2) is 41.3 Å². The molecule has 102 valence electrons. The zero-order chi connectivity index (χ0) is 14.7.